The molecule has 0 amide bonds. The van der Waals surface area contributed by atoms with Crippen LogP contribution in [0.1, 0.15) is 26.3 Å². The summed E-state index contributed by atoms with van der Waals surface area (Å²) in [6, 6.07) is 25.8. The Morgan fingerprint density at radius 2 is 1.04 bits per heavy atom. The van der Waals surface area contributed by atoms with E-state index in [9.17, 15) is 0 Å². The van der Waals surface area contributed by atoms with Crippen molar-refractivity contribution in [2.75, 3.05) is 0 Å². The highest BCUT2D eigenvalue weighted by Crippen LogP contribution is 2.36. The first-order valence-corrected chi connectivity index (χ1v) is 8.76. The van der Waals surface area contributed by atoms with E-state index in [1.807, 2.05) is 0 Å². The highest BCUT2D eigenvalue weighted by atomic mass is 14.2. The van der Waals surface area contributed by atoms with E-state index >= 15 is 0 Å². The molecule has 0 saturated carbocycles. The lowest BCUT2D eigenvalue weighted by atomic mass is 9.80. The third kappa shape index (κ3) is 2.64. The SMILES string of the molecule is [B]c1c2ccccc2c(-c2ccc(C(C)(C)C)cc2)c2ccccc12. The average molecular weight is 320 g/mol. The minimum atomic E-state index is 0.157. The van der Waals surface area contributed by atoms with Crippen LogP contribution in [0.5, 0.6) is 0 Å². The molecule has 0 N–H and O–H groups in total. The fraction of sp³-hybridized carbons (Fsp3) is 0.167. The van der Waals surface area contributed by atoms with Crippen molar-refractivity contribution < 1.29 is 0 Å². The number of hydrogen-bond donors (Lipinski definition) is 0. The molecule has 120 valence electrons. The Morgan fingerprint density at radius 1 is 0.600 bits per heavy atom. The third-order valence-corrected chi connectivity index (χ3v) is 5.01. The average Bonchev–Trinajstić information content (AvgIpc) is 2.62. The maximum atomic E-state index is 6.48. The largest absolute Gasteiger partial charge is 0.115 e. The van der Waals surface area contributed by atoms with Crippen molar-refractivity contribution >= 4 is 34.9 Å². The van der Waals surface area contributed by atoms with E-state index in [2.05, 4.69) is 93.6 Å². The first kappa shape index (κ1) is 16.0. The van der Waals surface area contributed by atoms with Crippen molar-refractivity contribution in [2.45, 2.75) is 26.2 Å². The molecule has 0 spiro atoms. The van der Waals surface area contributed by atoms with Crippen LogP contribution >= 0.6 is 0 Å². The lowest BCUT2D eigenvalue weighted by molar-refractivity contribution is 0.590. The van der Waals surface area contributed by atoms with Gasteiger partial charge in [-0.15, -0.1) is 0 Å². The number of fused-ring (bicyclic) bond motifs is 2. The summed E-state index contributed by atoms with van der Waals surface area (Å²) in [7, 11) is 6.48. The molecular weight excluding hydrogens is 299 g/mol. The number of rotatable bonds is 1. The van der Waals surface area contributed by atoms with E-state index in [4.69, 9.17) is 7.85 Å². The topological polar surface area (TPSA) is 0 Å². The minimum Gasteiger partial charge on any atom is -0.0812 e. The van der Waals surface area contributed by atoms with Crippen LogP contribution in [0.25, 0.3) is 32.7 Å². The molecule has 0 nitrogen and oxygen atoms in total. The zero-order chi connectivity index (χ0) is 17.6. The van der Waals surface area contributed by atoms with E-state index in [-0.39, 0.29) is 5.41 Å². The molecule has 0 aliphatic carbocycles. The van der Waals surface area contributed by atoms with E-state index in [1.54, 1.807) is 0 Å². The molecule has 0 atom stereocenters. The quantitative estimate of drug-likeness (QED) is 0.309. The van der Waals surface area contributed by atoms with Gasteiger partial charge in [0.15, 0.2) is 0 Å². The summed E-state index contributed by atoms with van der Waals surface area (Å²) in [6.45, 7) is 6.74. The van der Waals surface area contributed by atoms with E-state index in [0.29, 0.717) is 0 Å². The highest BCUT2D eigenvalue weighted by molar-refractivity contribution is 6.46. The molecule has 4 rings (SSSR count). The van der Waals surface area contributed by atoms with Crippen molar-refractivity contribution in [3.05, 3.63) is 78.4 Å². The smallest absolute Gasteiger partial charge is 0.0812 e. The Labute approximate surface area is 150 Å². The molecule has 0 unspecified atom stereocenters. The van der Waals surface area contributed by atoms with Crippen molar-refractivity contribution in [3.63, 3.8) is 0 Å². The van der Waals surface area contributed by atoms with Gasteiger partial charge in [0, 0.05) is 0 Å². The molecular formula is C24H21B. The van der Waals surface area contributed by atoms with Gasteiger partial charge in [-0.05, 0) is 43.7 Å². The molecule has 4 aromatic rings. The van der Waals surface area contributed by atoms with Crippen LogP contribution < -0.4 is 5.46 Å². The van der Waals surface area contributed by atoms with E-state index < -0.39 is 0 Å². The van der Waals surface area contributed by atoms with Gasteiger partial charge in [-0.2, -0.15) is 0 Å². The summed E-state index contributed by atoms with van der Waals surface area (Å²) >= 11 is 0. The monoisotopic (exact) mass is 320 g/mol. The van der Waals surface area contributed by atoms with Crippen LogP contribution in [0, 0.1) is 0 Å². The van der Waals surface area contributed by atoms with Crippen LogP contribution in [0.3, 0.4) is 0 Å². The zero-order valence-electron chi connectivity index (χ0n) is 15.0. The van der Waals surface area contributed by atoms with Crippen LogP contribution in [0.15, 0.2) is 72.8 Å². The molecule has 0 aliphatic heterocycles. The second-order valence-corrected chi connectivity index (χ2v) is 7.71. The van der Waals surface area contributed by atoms with Crippen LogP contribution in [-0.4, -0.2) is 7.85 Å². The molecule has 0 bridgehead atoms. The molecule has 4 aromatic carbocycles. The van der Waals surface area contributed by atoms with Crippen LogP contribution in [-0.2, 0) is 5.41 Å². The second kappa shape index (κ2) is 5.77. The van der Waals surface area contributed by atoms with Gasteiger partial charge in [0.1, 0.15) is 7.85 Å². The van der Waals surface area contributed by atoms with Crippen molar-refractivity contribution in [1.82, 2.24) is 0 Å². The molecule has 0 aromatic heterocycles. The summed E-state index contributed by atoms with van der Waals surface area (Å²) in [5, 5.41) is 4.66. The van der Waals surface area contributed by atoms with Gasteiger partial charge in [-0.25, -0.2) is 0 Å². The Bertz CT molecular complexity index is 1010. The summed E-state index contributed by atoms with van der Waals surface area (Å²) in [6.07, 6.45) is 0. The van der Waals surface area contributed by atoms with Gasteiger partial charge < -0.3 is 0 Å². The predicted octanol–water partition coefficient (Wildman–Crippen LogP) is 5.75. The van der Waals surface area contributed by atoms with E-state index in [0.717, 1.165) is 16.2 Å². The fourth-order valence-corrected chi connectivity index (χ4v) is 3.61. The highest BCUT2D eigenvalue weighted by Gasteiger charge is 2.15. The molecule has 1 heteroatoms. The molecule has 2 radical (unpaired) electrons. The Balaban J connectivity index is 2.07. The van der Waals surface area contributed by atoms with Crippen molar-refractivity contribution in [3.8, 4) is 11.1 Å². The molecule has 25 heavy (non-hydrogen) atoms. The van der Waals surface area contributed by atoms with E-state index in [1.165, 1.54) is 27.5 Å². The second-order valence-electron chi connectivity index (χ2n) is 7.71. The summed E-state index contributed by atoms with van der Waals surface area (Å²) in [5.41, 5.74) is 4.87. The Kier molecular flexibility index (Phi) is 3.69. The van der Waals surface area contributed by atoms with Crippen LogP contribution in [0.4, 0.5) is 0 Å². The summed E-state index contributed by atoms with van der Waals surface area (Å²) < 4.78 is 0. The van der Waals surface area contributed by atoms with Crippen LogP contribution in [0.2, 0.25) is 0 Å². The number of benzene rings is 4. The van der Waals surface area contributed by atoms with Crippen molar-refractivity contribution in [1.29, 1.82) is 0 Å². The predicted molar refractivity (Wildman–Crippen MR) is 111 cm³/mol. The van der Waals surface area contributed by atoms with Gasteiger partial charge >= 0.3 is 0 Å². The van der Waals surface area contributed by atoms with Gasteiger partial charge in [0.2, 0.25) is 0 Å². The molecule has 0 saturated heterocycles. The lowest BCUT2D eigenvalue weighted by Crippen LogP contribution is -2.10. The summed E-state index contributed by atoms with van der Waals surface area (Å²) in [4.78, 5) is 0. The fourth-order valence-electron chi connectivity index (χ4n) is 3.61. The molecule has 0 fully saturated rings. The first-order chi connectivity index (χ1) is 12.0. The Morgan fingerprint density at radius 3 is 1.48 bits per heavy atom. The van der Waals surface area contributed by atoms with Gasteiger partial charge in [0.05, 0.1) is 0 Å². The van der Waals surface area contributed by atoms with Gasteiger partial charge in [-0.1, -0.05) is 99.0 Å². The van der Waals surface area contributed by atoms with Gasteiger partial charge in [-0.3, -0.25) is 0 Å². The third-order valence-electron chi connectivity index (χ3n) is 5.01. The standard InChI is InChI=1S/C24H21B/c1-24(2,3)17-14-12-16(13-15-17)22-18-8-4-6-10-20(18)23(25)21-11-7-5-9-19(21)22/h4-15H,1-3H3. The first-order valence-electron chi connectivity index (χ1n) is 8.76. The minimum absolute atomic E-state index is 0.157. The van der Waals surface area contributed by atoms with Gasteiger partial charge in [0.25, 0.3) is 0 Å². The lowest BCUT2D eigenvalue weighted by Gasteiger charge is -2.20. The molecule has 0 aliphatic rings. The molecule has 0 heterocycles. The maximum absolute atomic E-state index is 6.48. The zero-order valence-corrected chi connectivity index (χ0v) is 15.0. The number of hydrogen-bond acceptors (Lipinski definition) is 0. The Hall–Kier alpha value is -2.54. The van der Waals surface area contributed by atoms with Crippen molar-refractivity contribution in [2.24, 2.45) is 0 Å². The normalized spacial score (nSPS) is 12.0. The summed E-state index contributed by atoms with van der Waals surface area (Å²) in [5.74, 6) is 0. The maximum Gasteiger partial charge on any atom is 0.115 e.